The SMILES string of the molecule is O=C(CN1CCOc2ccccc21)N1CCN(c2ccccc2)CC1. The minimum atomic E-state index is 0.199. The van der Waals surface area contributed by atoms with Gasteiger partial charge in [0.25, 0.3) is 0 Å². The molecule has 5 nitrogen and oxygen atoms in total. The van der Waals surface area contributed by atoms with Gasteiger partial charge in [0.15, 0.2) is 0 Å². The molecule has 0 N–H and O–H groups in total. The number of fused-ring (bicyclic) bond motifs is 1. The van der Waals surface area contributed by atoms with Gasteiger partial charge >= 0.3 is 0 Å². The summed E-state index contributed by atoms with van der Waals surface area (Å²) < 4.78 is 5.67. The van der Waals surface area contributed by atoms with Gasteiger partial charge in [-0.15, -0.1) is 0 Å². The Kier molecular flexibility index (Phi) is 4.46. The Bertz CT molecular complexity index is 727. The van der Waals surface area contributed by atoms with E-state index in [1.165, 1.54) is 5.69 Å². The third-order valence-electron chi connectivity index (χ3n) is 4.90. The molecule has 0 aromatic heterocycles. The van der Waals surface area contributed by atoms with E-state index in [1.54, 1.807) is 0 Å². The van der Waals surface area contributed by atoms with Crippen molar-refractivity contribution >= 4 is 17.3 Å². The van der Waals surface area contributed by atoms with E-state index in [9.17, 15) is 4.79 Å². The molecule has 4 rings (SSSR count). The fraction of sp³-hybridized carbons (Fsp3) is 0.350. The smallest absolute Gasteiger partial charge is 0.242 e. The molecule has 25 heavy (non-hydrogen) atoms. The molecule has 0 saturated carbocycles. The number of hydrogen-bond acceptors (Lipinski definition) is 4. The molecule has 1 amide bonds. The van der Waals surface area contributed by atoms with E-state index in [2.05, 4.69) is 34.1 Å². The minimum Gasteiger partial charge on any atom is -0.490 e. The highest BCUT2D eigenvalue weighted by atomic mass is 16.5. The highest BCUT2D eigenvalue weighted by Crippen LogP contribution is 2.30. The molecule has 0 unspecified atom stereocenters. The zero-order valence-electron chi connectivity index (χ0n) is 14.3. The molecule has 0 spiro atoms. The van der Waals surface area contributed by atoms with Crippen LogP contribution in [0.2, 0.25) is 0 Å². The maximum atomic E-state index is 12.7. The second-order valence-electron chi connectivity index (χ2n) is 6.44. The van der Waals surface area contributed by atoms with Gasteiger partial charge in [-0.1, -0.05) is 30.3 Å². The molecule has 5 heteroatoms. The van der Waals surface area contributed by atoms with E-state index < -0.39 is 0 Å². The molecule has 2 aromatic carbocycles. The van der Waals surface area contributed by atoms with Crippen molar-refractivity contribution in [1.82, 2.24) is 4.90 Å². The van der Waals surface area contributed by atoms with Crippen molar-refractivity contribution in [1.29, 1.82) is 0 Å². The number of amides is 1. The molecule has 2 aliphatic heterocycles. The average molecular weight is 337 g/mol. The number of benzene rings is 2. The van der Waals surface area contributed by atoms with Crippen LogP contribution in [0.1, 0.15) is 0 Å². The second-order valence-corrected chi connectivity index (χ2v) is 6.44. The van der Waals surface area contributed by atoms with Crippen molar-refractivity contribution in [2.75, 3.05) is 55.7 Å². The van der Waals surface area contributed by atoms with Crippen LogP contribution in [0.15, 0.2) is 54.6 Å². The van der Waals surface area contributed by atoms with E-state index in [0.717, 1.165) is 44.2 Å². The number of para-hydroxylation sites is 3. The van der Waals surface area contributed by atoms with E-state index in [4.69, 9.17) is 4.74 Å². The lowest BCUT2D eigenvalue weighted by Crippen LogP contribution is -2.52. The highest BCUT2D eigenvalue weighted by molar-refractivity contribution is 5.82. The van der Waals surface area contributed by atoms with Gasteiger partial charge in [0, 0.05) is 31.9 Å². The predicted molar refractivity (Wildman–Crippen MR) is 99.4 cm³/mol. The number of ether oxygens (including phenoxy) is 1. The lowest BCUT2D eigenvalue weighted by molar-refractivity contribution is -0.130. The van der Waals surface area contributed by atoms with Crippen LogP contribution in [0.5, 0.6) is 5.75 Å². The molecule has 2 aliphatic rings. The third-order valence-corrected chi connectivity index (χ3v) is 4.90. The Balaban J connectivity index is 1.36. The van der Waals surface area contributed by atoms with Crippen molar-refractivity contribution < 1.29 is 9.53 Å². The molecule has 1 saturated heterocycles. The molecular weight excluding hydrogens is 314 g/mol. The van der Waals surface area contributed by atoms with Crippen LogP contribution in [0, 0.1) is 0 Å². The first-order chi connectivity index (χ1) is 12.3. The molecular formula is C20H23N3O2. The Morgan fingerprint density at radius 2 is 1.60 bits per heavy atom. The topological polar surface area (TPSA) is 36.0 Å². The summed E-state index contributed by atoms with van der Waals surface area (Å²) in [6.07, 6.45) is 0. The van der Waals surface area contributed by atoms with Gasteiger partial charge in [-0.2, -0.15) is 0 Å². The first-order valence-electron chi connectivity index (χ1n) is 8.86. The van der Waals surface area contributed by atoms with Gasteiger partial charge in [0.2, 0.25) is 5.91 Å². The zero-order valence-corrected chi connectivity index (χ0v) is 14.3. The van der Waals surface area contributed by atoms with Crippen LogP contribution in [0.3, 0.4) is 0 Å². The van der Waals surface area contributed by atoms with E-state index in [1.807, 2.05) is 35.2 Å². The van der Waals surface area contributed by atoms with Crippen molar-refractivity contribution in [2.24, 2.45) is 0 Å². The van der Waals surface area contributed by atoms with Gasteiger partial charge in [0.05, 0.1) is 18.8 Å². The van der Waals surface area contributed by atoms with Gasteiger partial charge in [-0.05, 0) is 24.3 Å². The second kappa shape index (κ2) is 7.05. The third kappa shape index (κ3) is 3.40. The number of carbonyl (C=O) groups is 1. The Morgan fingerprint density at radius 3 is 2.40 bits per heavy atom. The van der Waals surface area contributed by atoms with Gasteiger partial charge in [-0.25, -0.2) is 0 Å². The van der Waals surface area contributed by atoms with E-state index in [-0.39, 0.29) is 5.91 Å². The first kappa shape index (κ1) is 15.8. The van der Waals surface area contributed by atoms with Crippen LogP contribution in [-0.4, -0.2) is 56.7 Å². The van der Waals surface area contributed by atoms with Crippen LogP contribution in [0.25, 0.3) is 0 Å². The van der Waals surface area contributed by atoms with Crippen molar-refractivity contribution in [3.8, 4) is 5.75 Å². The number of rotatable bonds is 3. The number of anilines is 2. The summed E-state index contributed by atoms with van der Waals surface area (Å²) in [6.45, 7) is 5.13. The number of piperazine rings is 1. The first-order valence-corrected chi connectivity index (χ1v) is 8.86. The monoisotopic (exact) mass is 337 g/mol. The van der Waals surface area contributed by atoms with Gasteiger partial charge in [-0.3, -0.25) is 4.79 Å². The maximum Gasteiger partial charge on any atom is 0.242 e. The molecule has 0 aliphatic carbocycles. The van der Waals surface area contributed by atoms with Crippen molar-refractivity contribution in [2.45, 2.75) is 0 Å². The molecule has 0 radical (unpaired) electrons. The zero-order chi connectivity index (χ0) is 17.1. The molecule has 1 fully saturated rings. The molecule has 2 aromatic rings. The Hall–Kier alpha value is -2.69. The lowest BCUT2D eigenvalue weighted by atomic mass is 10.2. The molecule has 130 valence electrons. The number of nitrogens with zero attached hydrogens (tertiary/aromatic N) is 3. The molecule has 2 heterocycles. The summed E-state index contributed by atoms with van der Waals surface area (Å²) in [5, 5.41) is 0. The quantitative estimate of drug-likeness (QED) is 0.861. The highest BCUT2D eigenvalue weighted by Gasteiger charge is 2.25. The fourth-order valence-electron chi connectivity index (χ4n) is 3.51. The summed E-state index contributed by atoms with van der Waals surface area (Å²) in [6, 6.07) is 18.3. The predicted octanol–water partition coefficient (Wildman–Crippen LogP) is 2.23. The summed E-state index contributed by atoms with van der Waals surface area (Å²) in [5.41, 5.74) is 2.25. The van der Waals surface area contributed by atoms with Crippen LogP contribution in [-0.2, 0) is 4.79 Å². The summed E-state index contributed by atoms with van der Waals surface area (Å²) in [4.78, 5) is 19.2. The van der Waals surface area contributed by atoms with Crippen LogP contribution in [0.4, 0.5) is 11.4 Å². The Labute approximate surface area is 148 Å². The van der Waals surface area contributed by atoms with Gasteiger partial charge in [0.1, 0.15) is 12.4 Å². The number of carbonyl (C=O) groups excluding carboxylic acids is 1. The Morgan fingerprint density at radius 1 is 0.880 bits per heavy atom. The fourth-order valence-corrected chi connectivity index (χ4v) is 3.51. The molecule has 0 bridgehead atoms. The van der Waals surface area contributed by atoms with E-state index >= 15 is 0 Å². The van der Waals surface area contributed by atoms with E-state index in [0.29, 0.717) is 13.2 Å². The van der Waals surface area contributed by atoms with Crippen molar-refractivity contribution in [3.63, 3.8) is 0 Å². The number of hydrogen-bond donors (Lipinski definition) is 0. The lowest BCUT2D eigenvalue weighted by Gasteiger charge is -2.38. The van der Waals surface area contributed by atoms with Crippen LogP contribution >= 0.6 is 0 Å². The normalized spacial score (nSPS) is 17.0. The minimum absolute atomic E-state index is 0.199. The summed E-state index contributed by atoms with van der Waals surface area (Å²) in [5.74, 6) is 1.07. The van der Waals surface area contributed by atoms with Crippen LogP contribution < -0.4 is 14.5 Å². The molecule has 0 atom stereocenters. The summed E-state index contributed by atoms with van der Waals surface area (Å²) in [7, 11) is 0. The average Bonchev–Trinajstić information content (AvgIpc) is 2.69. The standard InChI is InChI=1S/C20H23N3O2/c24-20(16-23-14-15-25-19-9-5-4-8-18(19)23)22-12-10-21(11-13-22)17-6-2-1-3-7-17/h1-9H,10-16H2. The largest absolute Gasteiger partial charge is 0.490 e. The van der Waals surface area contributed by atoms with Crippen molar-refractivity contribution in [3.05, 3.63) is 54.6 Å². The maximum absolute atomic E-state index is 12.7. The van der Waals surface area contributed by atoms with Gasteiger partial charge < -0.3 is 19.4 Å². The summed E-state index contributed by atoms with van der Waals surface area (Å²) >= 11 is 0.